The predicted molar refractivity (Wildman–Crippen MR) is 132 cm³/mol. The van der Waals surface area contributed by atoms with E-state index in [1.54, 1.807) is 32.2 Å². The second-order valence-electron chi connectivity index (χ2n) is 7.97. The number of nitrogens with zero attached hydrogens (tertiary/aromatic N) is 4. The van der Waals surface area contributed by atoms with Crippen LogP contribution in [0.15, 0.2) is 46.4 Å². The monoisotopic (exact) mass is 464 g/mol. The maximum atomic E-state index is 13.4. The molecule has 0 saturated carbocycles. The summed E-state index contributed by atoms with van der Waals surface area (Å²) in [5.74, 6) is 3.39. The van der Waals surface area contributed by atoms with Crippen molar-refractivity contribution in [1.29, 1.82) is 0 Å². The van der Waals surface area contributed by atoms with Crippen LogP contribution in [0.5, 0.6) is 0 Å². The van der Waals surface area contributed by atoms with Crippen LogP contribution in [-0.2, 0) is 0 Å². The zero-order valence-corrected chi connectivity index (χ0v) is 19.4. The number of terminal acetylenes is 1. The van der Waals surface area contributed by atoms with Crippen molar-refractivity contribution in [3.05, 3.63) is 69.5 Å². The number of anilines is 1. The standard InChI is InChI=1S/C25H26F2N6O/c1-6-21(18-8-7-9-19(15(18)4)24(26)27)32-25-20-13-33(17(11-28)12-29-14(2)3)23(34)10-22(20)30-16(5)31-25/h1,7-14,21,24H,28H2,2-5H3,(H,30,31,32)/b17-11+,29-12?. The van der Waals surface area contributed by atoms with Crippen molar-refractivity contribution >= 4 is 28.6 Å². The van der Waals surface area contributed by atoms with E-state index in [9.17, 15) is 13.6 Å². The number of rotatable bonds is 7. The lowest BCUT2D eigenvalue weighted by Crippen LogP contribution is -2.21. The average molecular weight is 465 g/mol. The Kier molecular flexibility index (Phi) is 7.41. The molecule has 176 valence electrons. The highest BCUT2D eigenvalue weighted by Crippen LogP contribution is 2.30. The molecule has 0 aliphatic rings. The van der Waals surface area contributed by atoms with Crippen LogP contribution >= 0.6 is 0 Å². The van der Waals surface area contributed by atoms with E-state index in [1.165, 1.54) is 29.1 Å². The quantitative estimate of drug-likeness (QED) is 0.400. The lowest BCUT2D eigenvalue weighted by molar-refractivity contribution is 0.150. The molecular weight excluding hydrogens is 438 g/mol. The van der Waals surface area contributed by atoms with Crippen molar-refractivity contribution in [2.75, 3.05) is 5.32 Å². The van der Waals surface area contributed by atoms with Crippen LogP contribution in [0.3, 0.4) is 0 Å². The van der Waals surface area contributed by atoms with Crippen LogP contribution in [0, 0.1) is 26.2 Å². The summed E-state index contributed by atoms with van der Waals surface area (Å²) < 4.78 is 28.2. The van der Waals surface area contributed by atoms with Crippen molar-refractivity contribution < 1.29 is 8.78 Å². The maximum Gasteiger partial charge on any atom is 0.264 e. The number of aliphatic imine (C=N–C) groups is 1. The molecule has 3 aromatic rings. The lowest BCUT2D eigenvalue weighted by Gasteiger charge is -2.20. The second kappa shape index (κ2) is 10.3. The van der Waals surface area contributed by atoms with Crippen molar-refractivity contribution in [2.24, 2.45) is 10.7 Å². The Morgan fingerprint density at radius 1 is 1.26 bits per heavy atom. The van der Waals surface area contributed by atoms with Gasteiger partial charge in [-0.3, -0.25) is 14.4 Å². The van der Waals surface area contributed by atoms with Gasteiger partial charge < -0.3 is 11.1 Å². The second-order valence-corrected chi connectivity index (χ2v) is 7.97. The van der Waals surface area contributed by atoms with Gasteiger partial charge in [0.15, 0.2) is 0 Å². The summed E-state index contributed by atoms with van der Waals surface area (Å²) in [4.78, 5) is 25.9. The van der Waals surface area contributed by atoms with Gasteiger partial charge in [-0.25, -0.2) is 18.7 Å². The van der Waals surface area contributed by atoms with E-state index in [0.29, 0.717) is 39.4 Å². The molecule has 0 bridgehead atoms. The Balaban J connectivity index is 2.15. The molecule has 1 atom stereocenters. The summed E-state index contributed by atoms with van der Waals surface area (Å²) in [6.07, 6.45) is 7.51. The van der Waals surface area contributed by atoms with Crippen LogP contribution < -0.4 is 16.6 Å². The zero-order valence-electron chi connectivity index (χ0n) is 19.4. The molecule has 0 amide bonds. The molecule has 3 N–H and O–H groups in total. The van der Waals surface area contributed by atoms with Crippen molar-refractivity contribution in [1.82, 2.24) is 14.5 Å². The Bertz CT molecular complexity index is 1370. The van der Waals surface area contributed by atoms with Crippen molar-refractivity contribution in [3.8, 4) is 12.3 Å². The fourth-order valence-corrected chi connectivity index (χ4v) is 3.51. The molecule has 9 heteroatoms. The van der Waals surface area contributed by atoms with Crippen molar-refractivity contribution in [2.45, 2.75) is 46.2 Å². The average Bonchev–Trinajstić information content (AvgIpc) is 2.78. The van der Waals surface area contributed by atoms with Gasteiger partial charge in [-0.1, -0.05) is 24.1 Å². The van der Waals surface area contributed by atoms with Crippen LogP contribution in [0.25, 0.3) is 16.6 Å². The highest BCUT2D eigenvalue weighted by Gasteiger charge is 2.19. The summed E-state index contributed by atoms with van der Waals surface area (Å²) in [5, 5.41) is 3.66. The molecule has 7 nitrogen and oxygen atoms in total. The molecule has 0 spiro atoms. The van der Waals surface area contributed by atoms with Gasteiger partial charge in [0.2, 0.25) is 0 Å². The Hall–Kier alpha value is -4.06. The summed E-state index contributed by atoms with van der Waals surface area (Å²) in [5.41, 5.74) is 7.03. The first-order valence-electron chi connectivity index (χ1n) is 10.6. The number of halogens is 2. The molecule has 3 rings (SSSR count). The van der Waals surface area contributed by atoms with Crippen LogP contribution in [0.1, 0.15) is 48.8 Å². The van der Waals surface area contributed by atoms with Gasteiger partial charge in [-0.2, -0.15) is 0 Å². The molecule has 1 aromatic carbocycles. The van der Waals surface area contributed by atoms with Crippen LogP contribution in [-0.4, -0.2) is 26.8 Å². The highest BCUT2D eigenvalue weighted by molar-refractivity contribution is 6.03. The molecule has 2 aromatic heterocycles. The van der Waals surface area contributed by atoms with E-state index in [-0.39, 0.29) is 17.2 Å². The van der Waals surface area contributed by atoms with Gasteiger partial charge in [0.1, 0.15) is 17.7 Å². The number of aromatic nitrogens is 3. The summed E-state index contributed by atoms with van der Waals surface area (Å²) in [7, 11) is 0. The van der Waals surface area contributed by atoms with Crippen molar-refractivity contribution in [3.63, 3.8) is 0 Å². The molecule has 1 unspecified atom stereocenters. The number of fused-ring (bicyclic) bond motifs is 1. The van der Waals surface area contributed by atoms with E-state index in [0.717, 1.165) is 0 Å². The molecule has 0 aliphatic carbocycles. The SMILES string of the molecule is C#CC(Nc1nc(C)nc2cc(=O)n(/C(C=NC(C)C)=C/N)cc12)c1cccc(C(F)F)c1C. The summed E-state index contributed by atoms with van der Waals surface area (Å²) in [6.45, 7) is 7.09. The van der Waals surface area contributed by atoms with E-state index in [2.05, 4.69) is 26.2 Å². The van der Waals surface area contributed by atoms with Gasteiger partial charge >= 0.3 is 0 Å². The predicted octanol–water partition coefficient (Wildman–Crippen LogP) is 4.37. The number of aryl methyl sites for hydroxylation is 1. The summed E-state index contributed by atoms with van der Waals surface area (Å²) >= 11 is 0. The third kappa shape index (κ3) is 5.12. The van der Waals surface area contributed by atoms with Gasteiger partial charge in [0.05, 0.1) is 16.6 Å². The first-order chi connectivity index (χ1) is 16.2. The fraction of sp³-hybridized carbons (Fsp3) is 0.280. The van der Waals surface area contributed by atoms with E-state index in [4.69, 9.17) is 12.2 Å². The molecule has 34 heavy (non-hydrogen) atoms. The molecule has 2 heterocycles. The third-order valence-electron chi connectivity index (χ3n) is 5.21. The number of nitrogens with two attached hydrogens (primary N) is 1. The first-order valence-corrected chi connectivity index (χ1v) is 10.6. The third-order valence-corrected chi connectivity index (χ3v) is 5.21. The van der Waals surface area contributed by atoms with Crippen LogP contribution in [0.4, 0.5) is 14.6 Å². The normalized spacial score (nSPS) is 13.1. The lowest BCUT2D eigenvalue weighted by atomic mass is 9.97. The van der Waals surface area contributed by atoms with E-state index < -0.39 is 12.5 Å². The summed E-state index contributed by atoms with van der Waals surface area (Å²) in [6, 6.07) is 5.25. The fourth-order valence-electron chi connectivity index (χ4n) is 3.51. The molecule has 0 saturated heterocycles. The zero-order chi connectivity index (χ0) is 25.0. The smallest absolute Gasteiger partial charge is 0.264 e. The number of pyridine rings is 1. The minimum atomic E-state index is -2.62. The number of benzene rings is 1. The minimum absolute atomic E-state index is 0.0120. The molecule has 0 aliphatic heterocycles. The van der Waals surface area contributed by atoms with Gasteiger partial charge in [0, 0.05) is 36.3 Å². The Morgan fingerprint density at radius 3 is 2.59 bits per heavy atom. The first kappa shape index (κ1) is 24.6. The number of hydrogen-bond acceptors (Lipinski definition) is 6. The van der Waals surface area contributed by atoms with E-state index >= 15 is 0 Å². The van der Waals surface area contributed by atoms with E-state index in [1.807, 2.05) is 13.8 Å². The number of alkyl halides is 2. The number of hydrogen-bond donors (Lipinski definition) is 2. The minimum Gasteiger partial charge on any atom is -0.403 e. The highest BCUT2D eigenvalue weighted by atomic mass is 19.3. The Morgan fingerprint density at radius 2 is 1.97 bits per heavy atom. The molecular formula is C25H26F2N6O. The largest absolute Gasteiger partial charge is 0.403 e. The number of allylic oxidation sites excluding steroid dienone is 1. The number of nitrogens with one attached hydrogen (secondary N) is 1. The maximum absolute atomic E-state index is 13.4. The van der Waals surface area contributed by atoms with Gasteiger partial charge in [-0.05, 0) is 38.8 Å². The molecule has 0 fully saturated rings. The van der Waals surface area contributed by atoms with Gasteiger partial charge in [0.25, 0.3) is 12.0 Å². The Labute approximate surface area is 196 Å². The van der Waals surface area contributed by atoms with Gasteiger partial charge in [-0.15, -0.1) is 6.42 Å². The molecule has 0 radical (unpaired) electrons. The van der Waals surface area contributed by atoms with Crippen LogP contribution in [0.2, 0.25) is 0 Å². The topological polar surface area (TPSA) is 98.2 Å².